The average Bonchev–Trinajstić information content (AvgIpc) is 3.44. The number of halogens is 1. The molecule has 0 aliphatic carbocycles. The Morgan fingerprint density at radius 3 is 2.61 bits per heavy atom. The van der Waals surface area contributed by atoms with E-state index in [4.69, 9.17) is 21.0 Å². The van der Waals surface area contributed by atoms with Crippen LogP contribution in [0.1, 0.15) is 41.9 Å². The zero-order valence-corrected chi connectivity index (χ0v) is 19.8. The molecule has 0 bridgehead atoms. The van der Waals surface area contributed by atoms with Gasteiger partial charge in [0.15, 0.2) is 10.8 Å². The van der Waals surface area contributed by atoms with E-state index in [0.29, 0.717) is 22.6 Å². The SMILES string of the molecule is Cc1sc2nc(C(C)C)n3c(SCc4nnc(-c5ccc(Cl)cc5)o4)nnc3c2c1C. The first kappa shape index (κ1) is 20.4. The molecule has 5 rings (SSSR count). The molecule has 5 aromatic rings. The molecule has 0 unspecified atom stereocenters. The molecule has 31 heavy (non-hydrogen) atoms. The predicted molar refractivity (Wildman–Crippen MR) is 124 cm³/mol. The largest absolute Gasteiger partial charge is 0.420 e. The van der Waals surface area contributed by atoms with Crippen molar-refractivity contribution in [3.8, 4) is 11.5 Å². The van der Waals surface area contributed by atoms with Gasteiger partial charge in [-0.1, -0.05) is 37.2 Å². The van der Waals surface area contributed by atoms with Crippen molar-refractivity contribution in [2.75, 3.05) is 0 Å². The van der Waals surface area contributed by atoms with Crippen LogP contribution in [-0.2, 0) is 5.75 Å². The van der Waals surface area contributed by atoms with Crippen LogP contribution < -0.4 is 0 Å². The second kappa shape index (κ2) is 7.89. The van der Waals surface area contributed by atoms with E-state index in [1.807, 2.05) is 12.1 Å². The highest BCUT2D eigenvalue weighted by atomic mass is 35.5. The van der Waals surface area contributed by atoms with Gasteiger partial charge in [-0.2, -0.15) is 0 Å². The summed E-state index contributed by atoms with van der Waals surface area (Å²) in [7, 11) is 0. The number of aryl methyl sites for hydroxylation is 2. The number of thiophene rings is 1. The fourth-order valence-corrected chi connectivity index (χ4v) is 5.31. The lowest BCUT2D eigenvalue weighted by atomic mass is 10.2. The molecule has 1 aromatic carbocycles. The van der Waals surface area contributed by atoms with Crippen LogP contribution >= 0.6 is 34.7 Å². The first-order valence-electron chi connectivity index (χ1n) is 9.78. The Hall–Kier alpha value is -2.49. The quantitative estimate of drug-likeness (QED) is 0.288. The molecule has 0 saturated heterocycles. The molecule has 0 radical (unpaired) electrons. The highest BCUT2D eigenvalue weighted by Gasteiger charge is 2.21. The average molecular weight is 471 g/mol. The van der Waals surface area contributed by atoms with Gasteiger partial charge in [0.2, 0.25) is 11.8 Å². The number of aromatic nitrogens is 6. The summed E-state index contributed by atoms with van der Waals surface area (Å²) >= 11 is 9.17. The van der Waals surface area contributed by atoms with Crippen LogP contribution in [0.25, 0.3) is 27.3 Å². The topological polar surface area (TPSA) is 82.0 Å². The molecular weight excluding hydrogens is 452 g/mol. The summed E-state index contributed by atoms with van der Waals surface area (Å²) in [4.78, 5) is 7.22. The Morgan fingerprint density at radius 2 is 1.87 bits per heavy atom. The normalized spacial score (nSPS) is 11.9. The smallest absolute Gasteiger partial charge is 0.247 e. The lowest BCUT2D eigenvalue weighted by molar-refractivity contribution is 0.528. The lowest BCUT2D eigenvalue weighted by Gasteiger charge is -2.10. The summed E-state index contributed by atoms with van der Waals surface area (Å²) in [5.74, 6) is 2.65. The van der Waals surface area contributed by atoms with Crippen LogP contribution in [0.2, 0.25) is 5.02 Å². The number of rotatable bonds is 5. The highest BCUT2D eigenvalue weighted by molar-refractivity contribution is 7.98. The van der Waals surface area contributed by atoms with Crippen LogP contribution in [0.3, 0.4) is 0 Å². The number of nitrogens with zero attached hydrogens (tertiary/aromatic N) is 6. The van der Waals surface area contributed by atoms with Gasteiger partial charge in [-0.3, -0.25) is 4.40 Å². The molecule has 10 heteroatoms. The van der Waals surface area contributed by atoms with Crippen molar-refractivity contribution < 1.29 is 4.42 Å². The number of hydrogen-bond acceptors (Lipinski definition) is 8. The van der Waals surface area contributed by atoms with Gasteiger partial charge in [-0.25, -0.2) is 4.98 Å². The van der Waals surface area contributed by atoms with E-state index in [1.165, 1.54) is 22.2 Å². The van der Waals surface area contributed by atoms with E-state index >= 15 is 0 Å². The molecule has 7 nitrogen and oxygen atoms in total. The Labute approximate surface area is 191 Å². The fourth-order valence-electron chi connectivity index (χ4n) is 3.37. The second-order valence-corrected chi connectivity index (χ2v) is 10.1. The molecule has 0 aliphatic heterocycles. The van der Waals surface area contributed by atoms with Gasteiger partial charge >= 0.3 is 0 Å². The van der Waals surface area contributed by atoms with Gasteiger partial charge in [0.1, 0.15) is 10.7 Å². The zero-order chi connectivity index (χ0) is 21.7. The van der Waals surface area contributed by atoms with E-state index in [0.717, 1.165) is 32.4 Å². The fraction of sp³-hybridized carbons (Fsp3) is 0.286. The van der Waals surface area contributed by atoms with Crippen LogP contribution in [0, 0.1) is 13.8 Å². The van der Waals surface area contributed by atoms with Crippen LogP contribution in [0.15, 0.2) is 33.8 Å². The van der Waals surface area contributed by atoms with Crippen LogP contribution in [0.4, 0.5) is 0 Å². The minimum atomic E-state index is 0.227. The molecule has 0 saturated carbocycles. The third-order valence-corrected chi connectivity index (χ3v) is 7.33. The predicted octanol–water partition coefficient (Wildman–Crippen LogP) is 6.07. The zero-order valence-electron chi connectivity index (χ0n) is 17.4. The molecule has 0 spiro atoms. The van der Waals surface area contributed by atoms with Gasteiger partial charge in [0, 0.05) is 21.4 Å². The molecule has 4 heterocycles. The first-order chi connectivity index (χ1) is 14.9. The third-order valence-electron chi connectivity index (χ3n) is 5.07. The molecule has 158 valence electrons. The standard InChI is InChI=1S/C21H19ClN6OS2/c1-10(2)17-23-20-16(11(3)12(4)31-20)18-25-27-21(28(17)18)30-9-15-24-26-19(29-15)13-5-7-14(22)8-6-13/h5-8,10H,9H2,1-4H3. The Kier molecular flexibility index (Phi) is 5.19. The third kappa shape index (κ3) is 3.60. The molecule has 0 atom stereocenters. The van der Waals surface area contributed by atoms with Crippen LogP contribution in [-0.4, -0.2) is 29.8 Å². The molecular formula is C21H19ClN6OS2. The van der Waals surface area contributed by atoms with Crippen molar-refractivity contribution in [2.24, 2.45) is 0 Å². The van der Waals surface area contributed by atoms with E-state index < -0.39 is 0 Å². The van der Waals surface area contributed by atoms with Crippen LogP contribution in [0.5, 0.6) is 0 Å². The second-order valence-electron chi connectivity index (χ2n) is 7.53. The minimum absolute atomic E-state index is 0.227. The summed E-state index contributed by atoms with van der Waals surface area (Å²) in [5, 5.41) is 19.8. The summed E-state index contributed by atoms with van der Waals surface area (Å²) in [6.07, 6.45) is 0. The molecule has 0 N–H and O–H groups in total. The molecule has 0 fully saturated rings. The highest BCUT2D eigenvalue weighted by Crippen LogP contribution is 2.35. The van der Waals surface area contributed by atoms with Crippen molar-refractivity contribution in [3.05, 3.63) is 51.4 Å². The van der Waals surface area contributed by atoms with Crippen molar-refractivity contribution in [1.29, 1.82) is 0 Å². The van der Waals surface area contributed by atoms with Gasteiger partial charge < -0.3 is 4.42 Å². The van der Waals surface area contributed by atoms with E-state index in [9.17, 15) is 0 Å². The number of fused-ring (bicyclic) bond motifs is 3. The maximum atomic E-state index is 5.95. The Bertz CT molecular complexity index is 1400. The first-order valence-corrected chi connectivity index (χ1v) is 12.0. The number of hydrogen-bond donors (Lipinski definition) is 0. The summed E-state index contributed by atoms with van der Waals surface area (Å²) in [6, 6.07) is 7.31. The van der Waals surface area contributed by atoms with E-state index in [-0.39, 0.29) is 5.92 Å². The number of benzene rings is 1. The Morgan fingerprint density at radius 1 is 1.10 bits per heavy atom. The summed E-state index contributed by atoms with van der Waals surface area (Å²) in [6.45, 7) is 8.49. The van der Waals surface area contributed by atoms with Gasteiger partial charge in [0.05, 0.1) is 11.1 Å². The maximum Gasteiger partial charge on any atom is 0.247 e. The summed E-state index contributed by atoms with van der Waals surface area (Å²) < 4.78 is 7.90. The van der Waals surface area contributed by atoms with Crippen molar-refractivity contribution >= 4 is 50.6 Å². The maximum absolute atomic E-state index is 5.95. The van der Waals surface area contributed by atoms with E-state index in [1.54, 1.807) is 23.5 Å². The monoisotopic (exact) mass is 470 g/mol. The molecule has 0 amide bonds. The van der Waals surface area contributed by atoms with Crippen molar-refractivity contribution in [1.82, 2.24) is 29.8 Å². The van der Waals surface area contributed by atoms with Gasteiger partial charge in [-0.15, -0.1) is 31.7 Å². The molecule has 0 aliphatic rings. The van der Waals surface area contributed by atoms with Crippen molar-refractivity contribution in [3.63, 3.8) is 0 Å². The van der Waals surface area contributed by atoms with Crippen molar-refractivity contribution in [2.45, 2.75) is 44.5 Å². The lowest BCUT2D eigenvalue weighted by Crippen LogP contribution is -2.04. The van der Waals surface area contributed by atoms with Gasteiger partial charge in [0.25, 0.3) is 0 Å². The molecule has 4 aromatic heterocycles. The van der Waals surface area contributed by atoms with E-state index in [2.05, 4.69) is 52.5 Å². The number of thioether (sulfide) groups is 1. The van der Waals surface area contributed by atoms with Gasteiger partial charge in [-0.05, 0) is 43.7 Å². The minimum Gasteiger partial charge on any atom is -0.420 e. The summed E-state index contributed by atoms with van der Waals surface area (Å²) in [5.41, 5.74) is 2.89. The Balaban J connectivity index is 1.49.